The molecular weight excluding hydrogens is 266 g/mol. The molecule has 1 atom stereocenters. The maximum atomic E-state index is 10.8. The number of hydrogen-bond acceptors (Lipinski definition) is 5. The zero-order valence-corrected chi connectivity index (χ0v) is 11.3. The van der Waals surface area contributed by atoms with Gasteiger partial charge < -0.3 is 24.6 Å². The molecule has 0 aromatic heterocycles. The minimum absolute atomic E-state index is 0.239. The third kappa shape index (κ3) is 5.47. The van der Waals surface area contributed by atoms with Gasteiger partial charge in [0.15, 0.2) is 17.6 Å². The van der Waals surface area contributed by atoms with Crippen LogP contribution in [0.5, 0.6) is 11.5 Å². The molecule has 1 saturated heterocycles. The van der Waals surface area contributed by atoms with E-state index in [2.05, 4.69) is 5.32 Å². The molecule has 110 valence electrons. The van der Waals surface area contributed by atoms with E-state index >= 15 is 0 Å². The van der Waals surface area contributed by atoms with Crippen LogP contribution in [0.15, 0.2) is 24.3 Å². The van der Waals surface area contributed by atoms with Gasteiger partial charge in [0.05, 0.1) is 13.7 Å². The first-order valence-electron chi connectivity index (χ1n) is 5.92. The lowest BCUT2D eigenvalue weighted by atomic mass is 10.3. The van der Waals surface area contributed by atoms with Crippen LogP contribution in [0.25, 0.3) is 0 Å². The molecular formula is C13H17NO6. The molecule has 1 amide bonds. The van der Waals surface area contributed by atoms with Gasteiger partial charge in [0.2, 0.25) is 0 Å². The van der Waals surface area contributed by atoms with Crippen molar-refractivity contribution in [3.8, 4) is 11.5 Å². The van der Waals surface area contributed by atoms with Crippen molar-refractivity contribution in [2.75, 3.05) is 20.3 Å². The fraction of sp³-hybridized carbons (Fsp3) is 0.385. The van der Waals surface area contributed by atoms with Crippen LogP contribution in [-0.2, 0) is 9.53 Å². The second kappa shape index (κ2) is 7.88. The molecule has 7 nitrogen and oxygen atoms in total. The smallest absolute Gasteiger partial charge is 0.407 e. The summed E-state index contributed by atoms with van der Waals surface area (Å²) in [6, 6.07) is 7.34. The highest BCUT2D eigenvalue weighted by Gasteiger charge is 2.23. The zero-order chi connectivity index (χ0) is 15.0. The van der Waals surface area contributed by atoms with Gasteiger partial charge in [-0.3, -0.25) is 4.79 Å². The number of ether oxygens (including phenoxy) is 3. The number of methoxy groups -OCH3 is 1. The van der Waals surface area contributed by atoms with Crippen LogP contribution in [0.2, 0.25) is 0 Å². The summed E-state index contributed by atoms with van der Waals surface area (Å²) in [4.78, 5) is 19.8. The predicted octanol–water partition coefficient (Wildman–Crippen LogP) is 1.27. The molecule has 1 aromatic carbocycles. The molecule has 0 radical (unpaired) electrons. The summed E-state index contributed by atoms with van der Waals surface area (Å²) in [5.74, 6) is 0.479. The molecule has 1 aromatic rings. The standard InChI is InChI=1S/C11H13NO4.C2H4O2/c1-14-9-4-2-3-5-10(9)15-7-8-6-12-11(13)16-8;1-2(3)4/h2-5,8H,6-7H2,1H3,(H,12,13);1H3,(H,3,4). The first-order chi connectivity index (χ1) is 9.52. The summed E-state index contributed by atoms with van der Waals surface area (Å²) < 4.78 is 15.6. The number of carboxylic acid groups (broad SMARTS) is 1. The molecule has 1 unspecified atom stereocenters. The number of aliphatic carboxylic acids is 1. The van der Waals surface area contributed by atoms with Gasteiger partial charge in [0.25, 0.3) is 5.97 Å². The number of nitrogens with one attached hydrogen (secondary N) is 1. The maximum absolute atomic E-state index is 10.8. The number of alkyl carbamates (subject to hydrolysis) is 1. The Morgan fingerprint density at radius 2 is 2.05 bits per heavy atom. The van der Waals surface area contributed by atoms with Gasteiger partial charge in [0.1, 0.15) is 6.61 Å². The van der Waals surface area contributed by atoms with E-state index in [1.807, 2.05) is 24.3 Å². The lowest BCUT2D eigenvalue weighted by Gasteiger charge is -2.12. The van der Waals surface area contributed by atoms with Crippen molar-refractivity contribution in [1.82, 2.24) is 5.32 Å². The molecule has 2 rings (SSSR count). The Morgan fingerprint density at radius 1 is 1.45 bits per heavy atom. The maximum Gasteiger partial charge on any atom is 0.407 e. The van der Waals surface area contributed by atoms with E-state index in [0.717, 1.165) is 6.92 Å². The number of carbonyl (C=O) groups excluding carboxylic acids is 1. The first kappa shape index (κ1) is 15.6. The number of rotatable bonds is 4. The Kier molecular flexibility index (Phi) is 6.15. The van der Waals surface area contributed by atoms with E-state index in [1.165, 1.54) is 0 Å². The van der Waals surface area contributed by atoms with Crippen LogP contribution in [0, 0.1) is 0 Å². The topological polar surface area (TPSA) is 94.1 Å². The van der Waals surface area contributed by atoms with Crippen molar-refractivity contribution in [3.63, 3.8) is 0 Å². The quantitative estimate of drug-likeness (QED) is 0.864. The Morgan fingerprint density at radius 3 is 2.55 bits per heavy atom. The molecule has 0 saturated carbocycles. The highest BCUT2D eigenvalue weighted by molar-refractivity contribution is 5.69. The van der Waals surface area contributed by atoms with E-state index in [9.17, 15) is 4.79 Å². The number of amides is 1. The first-order valence-corrected chi connectivity index (χ1v) is 5.92. The second-order valence-corrected chi connectivity index (χ2v) is 3.89. The van der Waals surface area contributed by atoms with Crippen LogP contribution in [-0.4, -0.2) is 43.5 Å². The average molecular weight is 283 g/mol. The minimum atomic E-state index is -0.833. The van der Waals surface area contributed by atoms with E-state index in [4.69, 9.17) is 24.1 Å². The number of cyclic esters (lactones) is 1. The van der Waals surface area contributed by atoms with Gasteiger partial charge in [-0.2, -0.15) is 0 Å². The van der Waals surface area contributed by atoms with Crippen LogP contribution in [0.3, 0.4) is 0 Å². The lowest BCUT2D eigenvalue weighted by Crippen LogP contribution is -2.22. The van der Waals surface area contributed by atoms with Gasteiger partial charge in [0, 0.05) is 6.92 Å². The second-order valence-electron chi connectivity index (χ2n) is 3.89. The summed E-state index contributed by atoms with van der Waals surface area (Å²) >= 11 is 0. The summed E-state index contributed by atoms with van der Waals surface area (Å²) in [7, 11) is 1.58. The van der Waals surface area contributed by atoms with Crippen molar-refractivity contribution >= 4 is 12.1 Å². The largest absolute Gasteiger partial charge is 0.493 e. The van der Waals surface area contributed by atoms with E-state index in [0.29, 0.717) is 24.7 Å². The fourth-order valence-corrected chi connectivity index (χ4v) is 1.45. The van der Waals surface area contributed by atoms with Crippen LogP contribution < -0.4 is 14.8 Å². The van der Waals surface area contributed by atoms with E-state index in [1.54, 1.807) is 7.11 Å². The average Bonchev–Trinajstić information content (AvgIpc) is 2.82. The summed E-state index contributed by atoms with van der Waals surface area (Å²) in [6.45, 7) is 1.88. The van der Waals surface area contributed by atoms with Crippen molar-refractivity contribution in [2.24, 2.45) is 0 Å². The van der Waals surface area contributed by atoms with Gasteiger partial charge in [-0.05, 0) is 12.1 Å². The molecule has 1 fully saturated rings. The fourth-order valence-electron chi connectivity index (χ4n) is 1.45. The Bertz CT molecular complexity index is 458. The highest BCUT2D eigenvalue weighted by Crippen LogP contribution is 2.26. The molecule has 1 heterocycles. The Balaban J connectivity index is 0.000000444. The lowest BCUT2D eigenvalue weighted by molar-refractivity contribution is -0.134. The molecule has 0 bridgehead atoms. The van der Waals surface area contributed by atoms with E-state index in [-0.39, 0.29) is 6.10 Å². The predicted molar refractivity (Wildman–Crippen MR) is 70.1 cm³/mol. The summed E-state index contributed by atoms with van der Waals surface area (Å²) in [5, 5.41) is 9.98. The van der Waals surface area contributed by atoms with Crippen molar-refractivity contribution in [1.29, 1.82) is 0 Å². The van der Waals surface area contributed by atoms with E-state index < -0.39 is 12.1 Å². The van der Waals surface area contributed by atoms with Gasteiger partial charge in [-0.1, -0.05) is 12.1 Å². The van der Waals surface area contributed by atoms with Crippen LogP contribution in [0.1, 0.15) is 6.92 Å². The molecule has 0 aliphatic carbocycles. The molecule has 0 spiro atoms. The third-order valence-corrected chi connectivity index (χ3v) is 2.24. The number of hydrogen-bond donors (Lipinski definition) is 2. The van der Waals surface area contributed by atoms with Crippen molar-refractivity contribution in [2.45, 2.75) is 13.0 Å². The normalized spacial score (nSPS) is 16.3. The SMILES string of the molecule is CC(=O)O.COc1ccccc1OCC1CNC(=O)O1. The number of carbonyl (C=O) groups is 2. The summed E-state index contributed by atoms with van der Waals surface area (Å²) in [6.07, 6.45) is -0.633. The van der Waals surface area contributed by atoms with Gasteiger partial charge in [-0.25, -0.2) is 4.79 Å². The van der Waals surface area contributed by atoms with Crippen LogP contribution >= 0.6 is 0 Å². The van der Waals surface area contributed by atoms with Crippen LogP contribution in [0.4, 0.5) is 4.79 Å². The molecule has 1 aliphatic heterocycles. The molecule has 2 N–H and O–H groups in total. The third-order valence-electron chi connectivity index (χ3n) is 2.24. The number of benzene rings is 1. The zero-order valence-electron chi connectivity index (χ0n) is 11.3. The van der Waals surface area contributed by atoms with Gasteiger partial charge in [-0.15, -0.1) is 0 Å². The highest BCUT2D eigenvalue weighted by atomic mass is 16.6. The van der Waals surface area contributed by atoms with Gasteiger partial charge >= 0.3 is 6.09 Å². The Labute approximate surface area is 116 Å². The Hall–Kier alpha value is -2.44. The minimum Gasteiger partial charge on any atom is -0.493 e. The summed E-state index contributed by atoms with van der Waals surface area (Å²) in [5.41, 5.74) is 0. The molecule has 1 aliphatic rings. The number of carboxylic acids is 1. The van der Waals surface area contributed by atoms with Crippen molar-refractivity contribution < 1.29 is 28.9 Å². The van der Waals surface area contributed by atoms with Crippen molar-refractivity contribution in [3.05, 3.63) is 24.3 Å². The number of para-hydroxylation sites is 2. The molecule has 7 heteroatoms. The monoisotopic (exact) mass is 283 g/mol. The molecule has 20 heavy (non-hydrogen) atoms.